The molecule has 0 atom stereocenters. The molecule has 1 amide bonds. The summed E-state index contributed by atoms with van der Waals surface area (Å²) >= 11 is 0. The summed E-state index contributed by atoms with van der Waals surface area (Å²) in [7, 11) is 0. The number of amides is 1. The van der Waals surface area contributed by atoms with Crippen molar-refractivity contribution in [2.45, 2.75) is 38.5 Å². The summed E-state index contributed by atoms with van der Waals surface area (Å²) in [6.45, 7) is 1.76. The van der Waals surface area contributed by atoms with Gasteiger partial charge in [-0.05, 0) is 19.8 Å². The van der Waals surface area contributed by atoms with E-state index in [1.807, 2.05) is 4.57 Å². The Morgan fingerprint density at radius 3 is 2.82 bits per heavy atom. The minimum Gasteiger partial charge on any atom is -0.438 e. The second kappa shape index (κ2) is 5.11. The fraction of sp³-hybridized carbons (Fsp3) is 0.500. The third kappa shape index (κ3) is 2.68. The Hall–Kier alpha value is -2.39. The molecule has 0 radical (unpaired) electrons. The maximum absolute atomic E-state index is 12.6. The molecule has 2 heterocycles. The van der Waals surface area contributed by atoms with Crippen molar-refractivity contribution in [3.8, 4) is 0 Å². The largest absolute Gasteiger partial charge is 0.452 e. The zero-order chi connectivity index (χ0) is 15.9. The average Bonchev–Trinajstić information content (AvgIpc) is 3.01. The molecule has 0 bridgehead atoms. The van der Waals surface area contributed by atoms with Crippen LogP contribution in [-0.2, 0) is 12.7 Å². The first-order chi connectivity index (χ1) is 10.4. The lowest BCUT2D eigenvalue weighted by Gasteiger charge is -2.08. The van der Waals surface area contributed by atoms with Gasteiger partial charge in [0, 0.05) is 6.04 Å². The minimum atomic E-state index is -4.77. The molecule has 1 aliphatic rings. The van der Waals surface area contributed by atoms with Gasteiger partial charge in [0.2, 0.25) is 5.76 Å². The van der Waals surface area contributed by atoms with Crippen LogP contribution in [0, 0.1) is 6.92 Å². The molecular weight excluding hydrogens is 303 g/mol. The van der Waals surface area contributed by atoms with Crippen LogP contribution in [0.2, 0.25) is 0 Å². The smallest absolute Gasteiger partial charge is 0.438 e. The van der Waals surface area contributed by atoms with Crippen LogP contribution in [-0.4, -0.2) is 25.7 Å². The van der Waals surface area contributed by atoms with Gasteiger partial charge in [0.15, 0.2) is 17.9 Å². The number of nitrogens with zero attached hydrogens (tertiary/aromatic N) is 4. The molecule has 0 unspecified atom stereocenters. The van der Waals surface area contributed by atoms with Gasteiger partial charge in [-0.2, -0.15) is 13.2 Å². The summed E-state index contributed by atoms with van der Waals surface area (Å²) in [5.41, 5.74) is -0.790. The lowest BCUT2D eigenvalue weighted by atomic mass is 10.3. The zero-order valence-corrected chi connectivity index (χ0v) is 11.5. The third-order valence-corrected chi connectivity index (χ3v) is 3.30. The lowest BCUT2D eigenvalue weighted by molar-refractivity contribution is -0.153. The first kappa shape index (κ1) is 14.5. The number of halogens is 3. The van der Waals surface area contributed by atoms with E-state index >= 15 is 0 Å². The van der Waals surface area contributed by atoms with Crippen molar-refractivity contribution in [2.24, 2.45) is 0 Å². The number of rotatable bonds is 4. The maximum atomic E-state index is 12.6. The Morgan fingerprint density at radius 1 is 1.45 bits per heavy atom. The summed E-state index contributed by atoms with van der Waals surface area (Å²) in [5.74, 6) is -1.16. The van der Waals surface area contributed by atoms with Gasteiger partial charge in [0.05, 0.1) is 6.54 Å². The molecule has 118 valence electrons. The topological polar surface area (TPSA) is 85.8 Å². The molecule has 7 nitrogen and oxygen atoms in total. The molecule has 10 heteroatoms. The first-order valence-corrected chi connectivity index (χ1v) is 6.57. The minimum absolute atomic E-state index is 0.0274. The van der Waals surface area contributed by atoms with Gasteiger partial charge in [-0.3, -0.25) is 4.79 Å². The summed E-state index contributed by atoms with van der Waals surface area (Å²) < 4.78 is 44.1. The Bertz CT molecular complexity index is 702. The predicted molar refractivity (Wildman–Crippen MR) is 65.7 cm³/mol. The van der Waals surface area contributed by atoms with Crippen molar-refractivity contribution in [2.75, 3.05) is 0 Å². The lowest BCUT2D eigenvalue weighted by Crippen LogP contribution is -2.27. The van der Waals surface area contributed by atoms with Crippen LogP contribution in [0.3, 0.4) is 0 Å². The molecule has 2 aromatic heterocycles. The van der Waals surface area contributed by atoms with Gasteiger partial charge in [-0.1, -0.05) is 0 Å². The van der Waals surface area contributed by atoms with E-state index in [0.29, 0.717) is 24.1 Å². The summed E-state index contributed by atoms with van der Waals surface area (Å²) in [5, 5.41) is 10.2. The summed E-state index contributed by atoms with van der Waals surface area (Å²) in [6.07, 6.45) is -2.18. The second-order valence-corrected chi connectivity index (χ2v) is 4.98. The van der Waals surface area contributed by atoms with E-state index in [1.165, 1.54) is 0 Å². The van der Waals surface area contributed by atoms with Gasteiger partial charge >= 0.3 is 6.18 Å². The van der Waals surface area contributed by atoms with E-state index in [1.54, 1.807) is 6.92 Å². The molecule has 1 saturated carbocycles. The van der Waals surface area contributed by atoms with Crippen LogP contribution >= 0.6 is 0 Å². The maximum Gasteiger partial charge on any atom is 0.452 e. The van der Waals surface area contributed by atoms with Gasteiger partial charge in [0.1, 0.15) is 5.82 Å². The van der Waals surface area contributed by atoms with Gasteiger partial charge in [-0.25, -0.2) is 4.98 Å². The number of aryl methyl sites for hydroxylation is 1. The standard InChI is InChI=1S/C12H12F3N5O2/c1-6-18-19-8(20(6)7-2-3-7)4-16-11(21)9-10(12(13,14)15)22-5-17-9/h5,7H,2-4H2,1H3,(H,16,21). The number of oxazole rings is 1. The van der Waals surface area contributed by atoms with Crippen molar-refractivity contribution in [1.29, 1.82) is 0 Å². The summed E-state index contributed by atoms with van der Waals surface area (Å²) in [6, 6.07) is 0.305. The first-order valence-electron chi connectivity index (χ1n) is 6.57. The molecule has 1 N–H and O–H groups in total. The fourth-order valence-corrected chi connectivity index (χ4v) is 2.19. The van der Waals surface area contributed by atoms with Crippen LogP contribution < -0.4 is 5.32 Å². The highest BCUT2D eigenvalue weighted by Crippen LogP contribution is 2.36. The van der Waals surface area contributed by atoms with Crippen molar-refractivity contribution >= 4 is 5.91 Å². The Morgan fingerprint density at radius 2 is 2.18 bits per heavy atom. The molecule has 0 aliphatic heterocycles. The second-order valence-electron chi connectivity index (χ2n) is 4.98. The molecule has 1 aliphatic carbocycles. The van der Waals surface area contributed by atoms with Crippen LogP contribution in [0.15, 0.2) is 10.8 Å². The highest BCUT2D eigenvalue weighted by atomic mass is 19.4. The Balaban J connectivity index is 1.72. The molecule has 0 saturated heterocycles. The summed E-state index contributed by atoms with van der Waals surface area (Å²) in [4.78, 5) is 15.2. The number of hydrogen-bond acceptors (Lipinski definition) is 5. The number of aromatic nitrogens is 4. The number of hydrogen-bond donors (Lipinski definition) is 1. The quantitative estimate of drug-likeness (QED) is 0.930. The van der Waals surface area contributed by atoms with E-state index in [4.69, 9.17) is 0 Å². The Labute approximate surface area is 122 Å². The van der Waals surface area contributed by atoms with Gasteiger partial charge in [0.25, 0.3) is 5.91 Å². The number of carbonyl (C=O) groups is 1. The fourth-order valence-electron chi connectivity index (χ4n) is 2.19. The van der Waals surface area contributed by atoms with Gasteiger partial charge < -0.3 is 14.3 Å². The highest BCUT2D eigenvalue weighted by Gasteiger charge is 2.40. The molecule has 0 aromatic carbocycles. The van der Waals surface area contributed by atoms with Crippen LogP contribution in [0.4, 0.5) is 13.2 Å². The average molecular weight is 315 g/mol. The zero-order valence-electron chi connectivity index (χ0n) is 11.5. The third-order valence-electron chi connectivity index (χ3n) is 3.30. The van der Waals surface area contributed by atoms with Crippen LogP contribution in [0.5, 0.6) is 0 Å². The SMILES string of the molecule is Cc1nnc(CNC(=O)c2ncoc2C(F)(F)F)n1C1CC1. The molecule has 0 spiro atoms. The molecule has 3 rings (SSSR count). The van der Waals surface area contributed by atoms with Crippen molar-refractivity contribution in [3.63, 3.8) is 0 Å². The molecular formula is C12H12F3N5O2. The van der Waals surface area contributed by atoms with E-state index in [9.17, 15) is 18.0 Å². The normalized spacial score (nSPS) is 15.1. The van der Waals surface area contributed by atoms with Crippen molar-refractivity contribution in [1.82, 2.24) is 25.1 Å². The van der Waals surface area contributed by atoms with E-state index in [2.05, 4.69) is 24.9 Å². The van der Waals surface area contributed by atoms with Gasteiger partial charge in [-0.15, -0.1) is 10.2 Å². The van der Waals surface area contributed by atoms with Crippen molar-refractivity contribution in [3.05, 3.63) is 29.5 Å². The predicted octanol–water partition coefficient (Wildman–Crippen LogP) is 1.86. The number of carbonyl (C=O) groups excluding carboxylic acids is 1. The monoisotopic (exact) mass is 315 g/mol. The van der Waals surface area contributed by atoms with Crippen LogP contribution in [0.25, 0.3) is 0 Å². The number of nitrogens with one attached hydrogen (secondary N) is 1. The van der Waals surface area contributed by atoms with Crippen LogP contribution in [0.1, 0.15) is 46.8 Å². The Kier molecular flexibility index (Phi) is 3.38. The molecule has 22 heavy (non-hydrogen) atoms. The van der Waals surface area contributed by atoms with E-state index < -0.39 is 23.5 Å². The van der Waals surface area contributed by atoms with E-state index in [-0.39, 0.29) is 6.54 Å². The molecule has 2 aromatic rings. The highest BCUT2D eigenvalue weighted by molar-refractivity contribution is 5.93. The molecule has 1 fully saturated rings. The van der Waals surface area contributed by atoms with Crippen molar-refractivity contribution < 1.29 is 22.4 Å². The van der Waals surface area contributed by atoms with E-state index in [0.717, 1.165) is 12.8 Å². The number of alkyl halides is 3.